The smallest absolute Gasteiger partial charge is 0.401 e. The Morgan fingerprint density at radius 3 is 2.46 bits per heavy atom. The Kier molecular flexibility index (Phi) is 5.82. The predicted octanol–water partition coefficient (Wildman–Crippen LogP) is 2.09. The Morgan fingerprint density at radius 2 is 1.88 bits per heavy atom. The van der Waals surface area contributed by atoms with E-state index in [0.29, 0.717) is 37.2 Å². The third kappa shape index (κ3) is 5.23. The number of methoxy groups -OCH3 is 1. The average molecular weight is 344 g/mol. The van der Waals surface area contributed by atoms with Crippen molar-refractivity contribution < 1.29 is 27.5 Å². The normalized spacial score (nSPS) is 18.4. The fourth-order valence-electron chi connectivity index (χ4n) is 2.69. The third-order valence-electron chi connectivity index (χ3n) is 3.89. The molecule has 5 nitrogen and oxygen atoms in total. The molecule has 1 amide bonds. The number of carbonyl (C=O) groups is 2. The summed E-state index contributed by atoms with van der Waals surface area (Å²) in [6.45, 7) is 0.118. The first-order valence-electron chi connectivity index (χ1n) is 7.54. The molecule has 0 radical (unpaired) electrons. The average Bonchev–Trinajstić information content (AvgIpc) is 2.97. The van der Waals surface area contributed by atoms with Crippen LogP contribution in [0.15, 0.2) is 24.3 Å². The van der Waals surface area contributed by atoms with E-state index in [0.717, 1.165) is 0 Å². The van der Waals surface area contributed by atoms with Gasteiger partial charge in [0.25, 0.3) is 5.91 Å². The third-order valence-corrected chi connectivity index (χ3v) is 3.89. The predicted molar refractivity (Wildman–Crippen MR) is 80.7 cm³/mol. The molecule has 1 aliphatic heterocycles. The van der Waals surface area contributed by atoms with Gasteiger partial charge in [0, 0.05) is 18.7 Å². The van der Waals surface area contributed by atoms with E-state index in [1.165, 1.54) is 36.3 Å². The number of nitrogens with zero attached hydrogens (tertiary/aromatic N) is 1. The van der Waals surface area contributed by atoms with Crippen LogP contribution in [0.2, 0.25) is 0 Å². The van der Waals surface area contributed by atoms with Crippen LogP contribution in [0.5, 0.6) is 0 Å². The maximum absolute atomic E-state index is 12.3. The molecule has 0 unspecified atom stereocenters. The fourth-order valence-corrected chi connectivity index (χ4v) is 2.69. The number of amides is 1. The molecule has 1 fully saturated rings. The maximum atomic E-state index is 12.3. The quantitative estimate of drug-likeness (QED) is 0.831. The van der Waals surface area contributed by atoms with E-state index in [9.17, 15) is 22.8 Å². The first kappa shape index (κ1) is 18.3. The Hall–Kier alpha value is -2.09. The largest absolute Gasteiger partial charge is 0.465 e. The van der Waals surface area contributed by atoms with Crippen LogP contribution in [0.1, 0.15) is 27.1 Å². The molecular weight excluding hydrogens is 325 g/mol. The molecule has 1 N–H and O–H groups in total. The first-order chi connectivity index (χ1) is 11.3. The Bertz CT molecular complexity index is 587. The van der Waals surface area contributed by atoms with Crippen molar-refractivity contribution in [3.63, 3.8) is 0 Å². The van der Waals surface area contributed by atoms with Crippen molar-refractivity contribution in [3.8, 4) is 0 Å². The number of alkyl halides is 3. The Morgan fingerprint density at radius 1 is 1.25 bits per heavy atom. The van der Waals surface area contributed by atoms with Gasteiger partial charge in [0.05, 0.1) is 19.2 Å². The van der Waals surface area contributed by atoms with Crippen LogP contribution >= 0.6 is 0 Å². The number of carbonyl (C=O) groups excluding carboxylic acids is 2. The number of rotatable bonds is 5. The topological polar surface area (TPSA) is 58.6 Å². The van der Waals surface area contributed by atoms with Gasteiger partial charge in [-0.2, -0.15) is 13.2 Å². The summed E-state index contributed by atoms with van der Waals surface area (Å²) >= 11 is 0. The molecule has 24 heavy (non-hydrogen) atoms. The SMILES string of the molecule is COC(=O)c1ccc(C(=O)NC[C@@H]2CCN(CC(F)(F)F)C2)cc1. The van der Waals surface area contributed by atoms with E-state index in [2.05, 4.69) is 10.1 Å². The van der Waals surface area contributed by atoms with Crippen molar-refractivity contribution in [2.24, 2.45) is 5.92 Å². The van der Waals surface area contributed by atoms with Crippen molar-refractivity contribution in [2.75, 3.05) is 33.3 Å². The van der Waals surface area contributed by atoms with Gasteiger partial charge < -0.3 is 10.1 Å². The van der Waals surface area contributed by atoms with E-state index < -0.39 is 18.7 Å². The maximum Gasteiger partial charge on any atom is 0.401 e. The summed E-state index contributed by atoms with van der Waals surface area (Å²) in [6, 6.07) is 5.99. The van der Waals surface area contributed by atoms with Crippen molar-refractivity contribution in [1.29, 1.82) is 0 Å². The highest BCUT2D eigenvalue weighted by Crippen LogP contribution is 2.22. The molecule has 1 aromatic carbocycles. The lowest BCUT2D eigenvalue weighted by Gasteiger charge is -2.18. The summed E-state index contributed by atoms with van der Waals surface area (Å²) in [5.41, 5.74) is 0.723. The van der Waals surface area contributed by atoms with Crippen LogP contribution in [0, 0.1) is 5.92 Å². The van der Waals surface area contributed by atoms with Crippen molar-refractivity contribution in [1.82, 2.24) is 10.2 Å². The Balaban J connectivity index is 1.80. The van der Waals surface area contributed by atoms with E-state index in [1.54, 1.807) is 0 Å². The van der Waals surface area contributed by atoms with Crippen molar-refractivity contribution in [2.45, 2.75) is 12.6 Å². The highest BCUT2D eigenvalue weighted by molar-refractivity contribution is 5.96. The summed E-state index contributed by atoms with van der Waals surface area (Å²) in [5.74, 6) is -0.802. The molecule has 1 atom stereocenters. The van der Waals surface area contributed by atoms with Gasteiger partial charge in [0.1, 0.15) is 0 Å². The zero-order valence-electron chi connectivity index (χ0n) is 13.2. The molecule has 0 aromatic heterocycles. The van der Waals surface area contributed by atoms with Gasteiger partial charge in [0.2, 0.25) is 0 Å². The molecule has 132 valence electrons. The van der Waals surface area contributed by atoms with Crippen molar-refractivity contribution >= 4 is 11.9 Å². The summed E-state index contributed by atoms with van der Waals surface area (Å²) in [7, 11) is 1.27. The van der Waals surface area contributed by atoms with Gasteiger partial charge in [-0.3, -0.25) is 9.69 Å². The van der Waals surface area contributed by atoms with Gasteiger partial charge in [-0.1, -0.05) is 0 Å². The van der Waals surface area contributed by atoms with E-state index >= 15 is 0 Å². The second-order valence-electron chi connectivity index (χ2n) is 5.78. The summed E-state index contributed by atoms with van der Waals surface area (Å²) < 4.78 is 41.6. The summed E-state index contributed by atoms with van der Waals surface area (Å²) in [6.07, 6.45) is -3.57. The minimum absolute atomic E-state index is 0.00522. The molecule has 0 bridgehead atoms. The molecule has 8 heteroatoms. The summed E-state index contributed by atoms with van der Waals surface area (Å²) in [4.78, 5) is 24.7. The second-order valence-corrected chi connectivity index (χ2v) is 5.78. The molecular formula is C16H19F3N2O3. The highest BCUT2D eigenvalue weighted by Gasteiger charge is 2.34. The van der Waals surface area contributed by atoms with Crippen LogP contribution in [0.3, 0.4) is 0 Å². The molecule has 1 aromatic rings. The Labute approximate surface area is 137 Å². The first-order valence-corrected chi connectivity index (χ1v) is 7.54. The zero-order chi connectivity index (χ0) is 17.7. The number of nitrogens with one attached hydrogen (secondary N) is 1. The molecule has 1 saturated heterocycles. The lowest BCUT2D eigenvalue weighted by molar-refractivity contribution is -0.143. The molecule has 1 aliphatic rings. The standard InChI is InChI=1S/C16H19F3N2O3/c1-24-15(23)13-4-2-12(3-5-13)14(22)20-8-11-6-7-21(9-11)10-16(17,18)19/h2-5,11H,6-10H2,1H3,(H,20,22)/t11-/m0/s1. The van der Waals surface area contributed by atoms with Crippen LogP contribution in [0.25, 0.3) is 0 Å². The molecule has 0 saturated carbocycles. The minimum Gasteiger partial charge on any atom is -0.465 e. The molecule has 0 spiro atoms. The van der Waals surface area contributed by atoms with Crippen LogP contribution in [-0.4, -0.2) is 56.2 Å². The second kappa shape index (κ2) is 7.65. The lowest BCUT2D eigenvalue weighted by atomic mass is 10.1. The summed E-state index contributed by atoms with van der Waals surface area (Å²) in [5, 5.41) is 2.72. The van der Waals surface area contributed by atoms with Gasteiger partial charge in [-0.25, -0.2) is 4.79 Å². The van der Waals surface area contributed by atoms with Crippen molar-refractivity contribution in [3.05, 3.63) is 35.4 Å². The van der Waals surface area contributed by atoms with Gasteiger partial charge in [-0.15, -0.1) is 0 Å². The number of likely N-dealkylation sites (tertiary alicyclic amines) is 1. The number of esters is 1. The number of hydrogen-bond acceptors (Lipinski definition) is 4. The molecule has 1 heterocycles. The van der Waals surface area contributed by atoms with Crippen LogP contribution < -0.4 is 5.32 Å². The zero-order valence-corrected chi connectivity index (χ0v) is 13.2. The highest BCUT2D eigenvalue weighted by atomic mass is 19.4. The lowest BCUT2D eigenvalue weighted by Crippen LogP contribution is -2.34. The monoisotopic (exact) mass is 344 g/mol. The molecule has 0 aliphatic carbocycles. The number of hydrogen-bond donors (Lipinski definition) is 1. The molecule has 2 rings (SSSR count). The van der Waals surface area contributed by atoms with E-state index in [1.807, 2.05) is 0 Å². The van der Waals surface area contributed by atoms with Gasteiger partial charge in [0.15, 0.2) is 0 Å². The fraction of sp³-hybridized carbons (Fsp3) is 0.500. The number of benzene rings is 1. The van der Waals surface area contributed by atoms with Gasteiger partial charge >= 0.3 is 12.1 Å². The number of halogens is 3. The van der Waals surface area contributed by atoms with Gasteiger partial charge in [-0.05, 0) is 43.1 Å². The number of ether oxygens (including phenoxy) is 1. The van der Waals surface area contributed by atoms with E-state index in [4.69, 9.17) is 0 Å². The minimum atomic E-state index is -4.19. The van der Waals surface area contributed by atoms with E-state index in [-0.39, 0.29) is 11.8 Å². The van der Waals surface area contributed by atoms with Crippen LogP contribution in [0.4, 0.5) is 13.2 Å². The van der Waals surface area contributed by atoms with Crippen LogP contribution in [-0.2, 0) is 4.74 Å².